The molecule has 0 atom stereocenters. The molecule has 0 aliphatic heterocycles. The Balaban J connectivity index is 1.51. The van der Waals surface area contributed by atoms with Gasteiger partial charge < -0.3 is 5.32 Å². The van der Waals surface area contributed by atoms with E-state index in [1.165, 1.54) is 0 Å². The van der Waals surface area contributed by atoms with Crippen molar-refractivity contribution in [3.63, 3.8) is 0 Å². The molecule has 0 saturated heterocycles. The van der Waals surface area contributed by atoms with E-state index >= 15 is 0 Å². The molecule has 5 heteroatoms. The van der Waals surface area contributed by atoms with E-state index in [2.05, 4.69) is 20.3 Å². The summed E-state index contributed by atoms with van der Waals surface area (Å²) in [7, 11) is 0. The van der Waals surface area contributed by atoms with Crippen molar-refractivity contribution in [2.75, 3.05) is 0 Å². The zero-order chi connectivity index (χ0) is 18.6. The van der Waals surface area contributed by atoms with Crippen LogP contribution in [0.1, 0.15) is 21.5 Å². The number of carbonyl (C=O) groups is 1. The van der Waals surface area contributed by atoms with Crippen molar-refractivity contribution in [2.45, 2.75) is 13.5 Å². The minimum absolute atomic E-state index is 0.109. The molecule has 0 bridgehead atoms. The summed E-state index contributed by atoms with van der Waals surface area (Å²) in [5.74, 6) is -0.109. The van der Waals surface area contributed by atoms with Crippen molar-refractivity contribution < 1.29 is 4.79 Å². The highest BCUT2D eigenvalue weighted by Gasteiger charge is 2.08. The molecular formula is C22H18N4O. The Hall–Kier alpha value is -3.60. The minimum atomic E-state index is -0.109. The van der Waals surface area contributed by atoms with Crippen molar-refractivity contribution >= 4 is 16.8 Å². The van der Waals surface area contributed by atoms with Crippen molar-refractivity contribution in [3.05, 3.63) is 90.0 Å². The zero-order valence-corrected chi connectivity index (χ0v) is 14.9. The average molecular weight is 354 g/mol. The average Bonchev–Trinajstić information content (AvgIpc) is 2.73. The van der Waals surface area contributed by atoms with Gasteiger partial charge >= 0.3 is 0 Å². The quantitative estimate of drug-likeness (QED) is 0.603. The van der Waals surface area contributed by atoms with Gasteiger partial charge in [-0.3, -0.25) is 19.7 Å². The van der Waals surface area contributed by atoms with Crippen LogP contribution >= 0.6 is 0 Å². The first-order valence-corrected chi connectivity index (χ1v) is 8.69. The Morgan fingerprint density at radius 3 is 2.59 bits per heavy atom. The Morgan fingerprint density at radius 1 is 0.926 bits per heavy atom. The van der Waals surface area contributed by atoms with E-state index in [-0.39, 0.29) is 5.91 Å². The number of nitrogens with one attached hydrogen (secondary N) is 1. The number of carbonyl (C=O) groups excluding carboxylic acids is 1. The number of rotatable bonds is 4. The molecule has 0 saturated carbocycles. The van der Waals surface area contributed by atoms with Crippen LogP contribution in [-0.2, 0) is 6.54 Å². The molecule has 3 heterocycles. The Bertz CT molecular complexity index is 1110. The first-order chi connectivity index (χ1) is 13.2. The molecule has 0 fully saturated rings. The van der Waals surface area contributed by atoms with Crippen LogP contribution in [0.4, 0.5) is 0 Å². The summed E-state index contributed by atoms with van der Waals surface area (Å²) >= 11 is 0. The van der Waals surface area contributed by atoms with Crippen LogP contribution < -0.4 is 5.32 Å². The summed E-state index contributed by atoms with van der Waals surface area (Å²) in [6.07, 6.45) is 7.01. The number of benzene rings is 1. The number of aryl methyl sites for hydroxylation is 1. The number of aromatic nitrogens is 3. The first-order valence-electron chi connectivity index (χ1n) is 8.69. The lowest BCUT2D eigenvalue weighted by Gasteiger charge is -2.08. The predicted octanol–water partition coefficient (Wildman–Crippen LogP) is 3.93. The summed E-state index contributed by atoms with van der Waals surface area (Å²) in [6, 6.07) is 15.2. The monoisotopic (exact) mass is 354 g/mol. The SMILES string of the molecule is Cc1ccnc2ccc(C(=O)NCc3ccnc(-c4ccncc4)c3)cc12. The zero-order valence-electron chi connectivity index (χ0n) is 14.9. The molecule has 4 rings (SSSR count). The molecule has 1 N–H and O–H groups in total. The van der Waals surface area contributed by atoms with Crippen LogP contribution in [0.5, 0.6) is 0 Å². The molecular weight excluding hydrogens is 336 g/mol. The largest absolute Gasteiger partial charge is 0.348 e. The maximum atomic E-state index is 12.6. The van der Waals surface area contributed by atoms with E-state index in [9.17, 15) is 4.79 Å². The van der Waals surface area contributed by atoms with E-state index in [4.69, 9.17) is 0 Å². The molecule has 3 aromatic heterocycles. The smallest absolute Gasteiger partial charge is 0.251 e. The van der Waals surface area contributed by atoms with Gasteiger partial charge in [-0.1, -0.05) is 0 Å². The fraction of sp³-hybridized carbons (Fsp3) is 0.0909. The third kappa shape index (κ3) is 3.67. The molecule has 4 aromatic rings. The molecule has 132 valence electrons. The Labute approximate surface area is 157 Å². The van der Waals surface area contributed by atoms with Crippen molar-refractivity contribution in [3.8, 4) is 11.3 Å². The van der Waals surface area contributed by atoms with E-state index < -0.39 is 0 Å². The van der Waals surface area contributed by atoms with Gasteiger partial charge in [-0.25, -0.2) is 0 Å². The van der Waals surface area contributed by atoms with Gasteiger partial charge in [-0.15, -0.1) is 0 Å². The highest BCUT2D eigenvalue weighted by Crippen LogP contribution is 2.19. The second-order valence-electron chi connectivity index (χ2n) is 6.33. The fourth-order valence-electron chi connectivity index (χ4n) is 2.97. The van der Waals surface area contributed by atoms with Crippen LogP contribution in [-0.4, -0.2) is 20.9 Å². The molecule has 0 radical (unpaired) electrons. The molecule has 0 unspecified atom stereocenters. The fourth-order valence-corrected chi connectivity index (χ4v) is 2.97. The van der Waals surface area contributed by atoms with Gasteiger partial charge in [0.25, 0.3) is 5.91 Å². The van der Waals surface area contributed by atoms with Crippen LogP contribution in [0.15, 0.2) is 73.3 Å². The van der Waals surface area contributed by atoms with E-state index in [1.807, 2.05) is 49.4 Å². The van der Waals surface area contributed by atoms with E-state index in [0.717, 1.165) is 33.3 Å². The first kappa shape index (κ1) is 16.8. The second kappa shape index (κ2) is 7.33. The number of amides is 1. The van der Waals surface area contributed by atoms with Crippen LogP contribution in [0.25, 0.3) is 22.2 Å². The van der Waals surface area contributed by atoms with Gasteiger partial charge in [0.1, 0.15) is 0 Å². The lowest BCUT2D eigenvalue weighted by atomic mass is 10.1. The minimum Gasteiger partial charge on any atom is -0.348 e. The maximum absolute atomic E-state index is 12.6. The molecule has 0 spiro atoms. The van der Waals surface area contributed by atoms with E-state index in [1.54, 1.807) is 30.9 Å². The van der Waals surface area contributed by atoms with Crippen LogP contribution in [0.2, 0.25) is 0 Å². The number of fused-ring (bicyclic) bond motifs is 1. The number of pyridine rings is 3. The molecule has 1 aromatic carbocycles. The van der Waals surface area contributed by atoms with E-state index in [0.29, 0.717) is 12.1 Å². The Morgan fingerprint density at radius 2 is 1.74 bits per heavy atom. The van der Waals surface area contributed by atoms with Crippen molar-refractivity contribution in [1.29, 1.82) is 0 Å². The maximum Gasteiger partial charge on any atom is 0.251 e. The van der Waals surface area contributed by atoms with Gasteiger partial charge in [0.15, 0.2) is 0 Å². The van der Waals surface area contributed by atoms with Crippen LogP contribution in [0.3, 0.4) is 0 Å². The standard InChI is InChI=1S/C22H18N4O/c1-15-4-10-24-20-3-2-18(13-19(15)20)22(27)26-14-16-5-11-25-21(12-16)17-6-8-23-9-7-17/h2-13H,14H2,1H3,(H,26,27). The van der Waals surface area contributed by atoms with Gasteiger partial charge in [-0.2, -0.15) is 0 Å². The second-order valence-corrected chi connectivity index (χ2v) is 6.33. The van der Waals surface area contributed by atoms with Crippen LogP contribution in [0, 0.1) is 6.92 Å². The molecule has 0 aliphatic rings. The summed E-state index contributed by atoms with van der Waals surface area (Å²) in [6.45, 7) is 2.45. The summed E-state index contributed by atoms with van der Waals surface area (Å²) in [5, 5.41) is 3.97. The van der Waals surface area contributed by atoms with Gasteiger partial charge in [0.2, 0.25) is 0 Å². The molecule has 27 heavy (non-hydrogen) atoms. The van der Waals surface area contributed by atoms with Gasteiger partial charge in [0.05, 0.1) is 11.2 Å². The summed E-state index contributed by atoms with van der Waals surface area (Å²) in [5.41, 5.74) is 5.46. The van der Waals surface area contributed by atoms with Crippen molar-refractivity contribution in [2.24, 2.45) is 0 Å². The lowest BCUT2D eigenvalue weighted by molar-refractivity contribution is 0.0951. The third-order valence-corrected chi connectivity index (χ3v) is 4.48. The number of nitrogens with zero attached hydrogens (tertiary/aromatic N) is 3. The Kier molecular flexibility index (Phi) is 4.58. The summed E-state index contributed by atoms with van der Waals surface area (Å²) < 4.78 is 0. The highest BCUT2D eigenvalue weighted by molar-refractivity contribution is 5.98. The number of hydrogen-bond donors (Lipinski definition) is 1. The molecule has 1 amide bonds. The molecule has 0 aliphatic carbocycles. The lowest BCUT2D eigenvalue weighted by Crippen LogP contribution is -2.22. The highest BCUT2D eigenvalue weighted by atomic mass is 16.1. The number of hydrogen-bond acceptors (Lipinski definition) is 4. The van der Waals surface area contributed by atoms with Gasteiger partial charge in [-0.05, 0) is 66.6 Å². The summed E-state index contributed by atoms with van der Waals surface area (Å²) in [4.78, 5) is 25.3. The van der Waals surface area contributed by atoms with Crippen molar-refractivity contribution in [1.82, 2.24) is 20.3 Å². The van der Waals surface area contributed by atoms with Gasteiger partial charge in [0, 0.05) is 47.8 Å². The third-order valence-electron chi connectivity index (χ3n) is 4.48. The normalized spacial score (nSPS) is 10.7. The predicted molar refractivity (Wildman–Crippen MR) is 105 cm³/mol. The molecule has 5 nitrogen and oxygen atoms in total. The topological polar surface area (TPSA) is 67.8 Å².